The first-order valence-electron chi connectivity index (χ1n) is 20.0. The van der Waals surface area contributed by atoms with E-state index < -0.39 is 31.7 Å². The van der Waals surface area contributed by atoms with Crippen LogP contribution in [-0.2, 0) is 19.7 Å². The molecule has 0 bridgehead atoms. The Balaban J connectivity index is 0.000000186. The minimum atomic E-state index is -3.77. The summed E-state index contributed by atoms with van der Waals surface area (Å²) < 4.78 is 50.7. The van der Waals surface area contributed by atoms with Crippen molar-refractivity contribution in [2.45, 2.75) is 70.7 Å². The van der Waals surface area contributed by atoms with Crippen molar-refractivity contribution in [2.75, 3.05) is 57.2 Å². The number of urea groups is 2. The average Bonchev–Trinajstić information content (AvgIpc) is 3.97. The molecule has 6 aromatic rings. The number of anilines is 6. The molecule has 4 aromatic heterocycles. The lowest BCUT2D eigenvalue weighted by molar-refractivity contribution is 0.261. The molecule has 2 aliphatic heterocycles. The van der Waals surface area contributed by atoms with Crippen molar-refractivity contribution in [3.63, 3.8) is 0 Å². The van der Waals surface area contributed by atoms with Gasteiger partial charge in [-0.15, -0.1) is 0 Å². The average molecular weight is 915 g/mol. The molecule has 16 nitrogen and oxygen atoms in total. The van der Waals surface area contributed by atoms with Gasteiger partial charge in [-0.1, -0.05) is 40.9 Å². The standard InChI is InChI=1S/2C21H23N5O3S2/c1-15-8-9-16(17(13-15)26-11-5-2-6-12-26)24-20(27)25-21-23-14-19(30-21)31(28,29)18-7-3-4-10-22-18;1-15-7-8-17(18(12-15)26-10-3-2-4-11-26)24-20(27)25-21-23-14-19(30-21)31(28,29)16-6-5-9-22-13-16/h3-4,7-10,13-14H,2,5-6,11-12H2,1H3,(H2,23,24,25,27);5-9,12-14H,2-4,10-11H2,1H3,(H2,23,24,25,27). The first kappa shape index (κ1) is 44.1. The minimum Gasteiger partial charge on any atom is -0.370 e. The third-order valence-corrected chi connectivity index (χ3v) is 16.1. The van der Waals surface area contributed by atoms with E-state index >= 15 is 0 Å². The summed E-state index contributed by atoms with van der Waals surface area (Å²) in [7, 11) is -7.50. The fourth-order valence-corrected chi connectivity index (χ4v) is 11.6. The lowest BCUT2D eigenvalue weighted by Gasteiger charge is -2.30. The molecule has 62 heavy (non-hydrogen) atoms. The third-order valence-electron chi connectivity index (χ3n) is 9.99. The zero-order valence-corrected chi connectivity index (χ0v) is 37.3. The number of pyridine rings is 2. The quantitative estimate of drug-likeness (QED) is 0.102. The van der Waals surface area contributed by atoms with Crippen molar-refractivity contribution in [2.24, 2.45) is 0 Å². The molecule has 0 atom stereocenters. The van der Waals surface area contributed by atoms with E-state index in [2.05, 4.69) is 63.1 Å². The summed E-state index contributed by atoms with van der Waals surface area (Å²) in [6.45, 7) is 7.89. The number of carbonyl (C=O) groups is 2. The van der Waals surface area contributed by atoms with Crippen LogP contribution in [0.2, 0.25) is 0 Å². The van der Waals surface area contributed by atoms with Gasteiger partial charge in [0, 0.05) is 44.8 Å². The number of nitrogens with one attached hydrogen (secondary N) is 4. The number of aryl methyl sites for hydroxylation is 2. The van der Waals surface area contributed by atoms with Crippen LogP contribution in [0.3, 0.4) is 0 Å². The molecule has 0 saturated carbocycles. The predicted molar refractivity (Wildman–Crippen MR) is 243 cm³/mol. The van der Waals surface area contributed by atoms with E-state index in [1.807, 2.05) is 38.1 Å². The molecule has 2 aromatic carbocycles. The molecular formula is C42H46N10O6S4. The van der Waals surface area contributed by atoms with Gasteiger partial charge >= 0.3 is 12.1 Å². The maximum atomic E-state index is 12.7. The smallest absolute Gasteiger partial charge is 0.325 e. The summed E-state index contributed by atoms with van der Waals surface area (Å²) in [5.41, 5.74) is 5.65. The third kappa shape index (κ3) is 10.9. The highest BCUT2D eigenvalue weighted by molar-refractivity contribution is 7.93. The van der Waals surface area contributed by atoms with Gasteiger partial charge in [0.2, 0.25) is 19.7 Å². The molecule has 0 aliphatic carbocycles. The van der Waals surface area contributed by atoms with Crippen LogP contribution < -0.4 is 31.1 Å². The molecular weight excluding hydrogens is 869 g/mol. The van der Waals surface area contributed by atoms with Crippen LogP contribution in [0.1, 0.15) is 49.7 Å². The Morgan fingerprint density at radius 1 is 0.565 bits per heavy atom. The van der Waals surface area contributed by atoms with Crippen molar-refractivity contribution < 1.29 is 26.4 Å². The number of hydrogen-bond donors (Lipinski definition) is 4. The minimum absolute atomic E-state index is 0.0193. The van der Waals surface area contributed by atoms with E-state index in [1.165, 1.54) is 56.0 Å². The molecule has 4 N–H and O–H groups in total. The van der Waals surface area contributed by atoms with Crippen molar-refractivity contribution in [1.82, 2.24) is 19.9 Å². The molecule has 2 fully saturated rings. The Bertz CT molecular complexity index is 2530. The second kappa shape index (κ2) is 19.8. The summed E-state index contributed by atoms with van der Waals surface area (Å²) in [6, 6.07) is 18.6. The van der Waals surface area contributed by atoms with Gasteiger partial charge in [0.05, 0.1) is 40.0 Å². The van der Waals surface area contributed by atoms with Gasteiger partial charge in [-0.25, -0.2) is 41.4 Å². The first-order valence-corrected chi connectivity index (χ1v) is 24.6. The highest BCUT2D eigenvalue weighted by Gasteiger charge is 2.24. The van der Waals surface area contributed by atoms with Crippen molar-refractivity contribution in [3.05, 3.63) is 109 Å². The predicted octanol–water partition coefficient (Wildman–Crippen LogP) is 8.63. The van der Waals surface area contributed by atoms with Gasteiger partial charge in [-0.2, -0.15) is 0 Å². The number of piperidine rings is 2. The molecule has 4 amide bonds. The van der Waals surface area contributed by atoms with E-state index in [-0.39, 0.29) is 28.6 Å². The zero-order valence-electron chi connectivity index (χ0n) is 34.1. The van der Waals surface area contributed by atoms with Crippen LogP contribution in [0.4, 0.5) is 42.6 Å². The molecule has 8 rings (SSSR count). The van der Waals surface area contributed by atoms with E-state index in [0.29, 0.717) is 11.4 Å². The molecule has 0 spiro atoms. The summed E-state index contributed by atoms with van der Waals surface area (Å²) in [4.78, 5) is 45.7. The van der Waals surface area contributed by atoms with Crippen LogP contribution in [0.15, 0.2) is 116 Å². The second-order valence-corrected chi connectivity index (χ2v) is 21.0. The molecule has 2 saturated heterocycles. The summed E-state index contributed by atoms with van der Waals surface area (Å²) >= 11 is 1.79. The van der Waals surface area contributed by atoms with E-state index in [1.54, 1.807) is 18.2 Å². The molecule has 0 radical (unpaired) electrons. The topological polar surface area (TPSA) is 209 Å². The number of thiazole rings is 2. The largest absolute Gasteiger partial charge is 0.370 e. The van der Waals surface area contributed by atoms with E-state index in [9.17, 15) is 26.4 Å². The van der Waals surface area contributed by atoms with Crippen LogP contribution in [0.5, 0.6) is 0 Å². The van der Waals surface area contributed by atoms with Gasteiger partial charge in [0.1, 0.15) is 8.42 Å². The number of benzene rings is 2. The van der Waals surface area contributed by atoms with Gasteiger partial charge in [0.15, 0.2) is 15.3 Å². The number of rotatable bonds is 10. The van der Waals surface area contributed by atoms with Crippen LogP contribution in [0, 0.1) is 13.8 Å². The van der Waals surface area contributed by atoms with Crippen molar-refractivity contribution in [1.29, 1.82) is 0 Å². The number of nitrogens with zero attached hydrogens (tertiary/aromatic N) is 6. The Labute approximate surface area is 368 Å². The Morgan fingerprint density at radius 2 is 1.08 bits per heavy atom. The van der Waals surface area contributed by atoms with Crippen molar-refractivity contribution in [3.8, 4) is 0 Å². The lowest BCUT2D eigenvalue weighted by Crippen LogP contribution is -2.31. The fourth-order valence-electron chi connectivity index (χ4n) is 6.90. The zero-order chi connectivity index (χ0) is 43.7. The summed E-state index contributed by atoms with van der Waals surface area (Å²) in [6.07, 6.45) is 13.7. The Morgan fingerprint density at radius 3 is 1.55 bits per heavy atom. The van der Waals surface area contributed by atoms with Crippen LogP contribution >= 0.6 is 22.7 Å². The maximum absolute atomic E-state index is 12.7. The Kier molecular flexibility index (Phi) is 14.1. The molecule has 20 heteroatoms. The maximum Gasteiger partial charge on any atom is 0.325 e. The normalized spacial score (nSPS) is 14.3. The van der Waals surface area contributed by atoms with Crippen molar-refractivity contribution >= 4 is 87.4 Å². The highest BCUT2D eigenvalue weighted by Crippen LogP contribution is 2.33. The fraction of sp³-hybridized carbons (Fsp3) is 0.286. The van der Waals surface area contributed by atoms with Gasteiger partial charge in [-0.05, 0) is 112 Å². The number of sulfone groups is 2. The monoisotopic (exact) mass is 914 g/mol. The molecule has 2 aliphatic rings. The number of carbonyl (C=O) groups excluding carboxylic acids is 2. The van der Waals surface area contributed by atoms with Gasteiger partial charge < -0.3 is 20.4 Å². The molecule has 0 unspecified atom stereocenters. The van der Waals surface area contributed by atoms with E-state index in [0.717, 1.165) is 97.0 Å². The molecule has 6 heterocycles. The van der Waals surface area contributed by atoms with Gasteiger partial charge in [-0.3, -0.25) is 15.6 Å². The second-order valence-electron chi connectivity index (χ2n) is 14.6. The molecule has 324 valence electrons. The lowest BCUT2D eigenvalue weighted by atomic mass is 10.1. The number of amides is 4. The first-order chi connectivity index (χ1) is 29.9. The van der Waals surface area contributed by atoms with E-state index in [4.69, 9.17) is 0 Å². The Hall–Kier alpha value is -5.96. The highest BCUT2D eigenvalue weighted by atomic mass is 32.2. The summed E-state index contributed by atoms with van der Waals surface area (Å²) in [5.74, 6) is 0. The van der Waals surface area contributed by atoms with Gasteiger partial charge in [0.25, 0.3) is 0 Å². The number of hydrogen-bond acceptors (Lipinski definition) is 14. The van der Waals surface area contributed by atoms with Crippen LogP contribution in [-0.4, -0.2) is 75.0 Å². The van der Waals surface area contributed by atoms with Crippen LogP contribution in [0.25, 0.3) is 0 Å². The summed E-state index contributed by atoms with van der Waals surface area (Å²) in [5, 5.41) is 11.4. The SMILES string of the molecule is Cc1ccc(NC(=O)Nc2ncc(S(=O)(=O)c3ccccn3)s2)c(N2CCCCC2)c1.Cc1ccc(NC(=O)Nc2ncc(S(=O)(=O)c3cccnc3)s2)c(N2CCCCC2)c1. The number of aromatic nitrogens is 4.